The van der Waals surface area contributed by atoms with E-state index in [1.165, 1.54) is 48.3 Å². The van der Waals surface area contributed by atoms with E-state index in [-0.39, 0.29) is 30.0 Å². The first-order valence-corrected chi connectivity index (χ1v) is 13.2. The lowest BCUT2D eigenvalue weighted by Gasteiger charge is -2.47. The molecule has 11 heteroatoms. The van der Waals surface area contributed by atoms with E-state index in [9.17, 15) is 13.6 Å². The quantitative estimate of drug-likeness (QED) is 0.415. The van der Waals surface area contributed by atoms with Crippen molar-refractivity contribution >= 4 is 34.2 Å². The Morgan fingerprint density at radius 2 is 1.97 bits per heavy atom. The van der Waals surface area contributed by atoms with Crippen molar-refractivity contribution in [3.63, 3.8) is 0 Å². The Morgan fingerprint density at radius 3 is 2.67 bits per heavy atom. The fourth-order valence-corrected chi connectivity index (χ4v) is 5.92. The molecule has 0 spiro atoms. The van der Waals surface area contributed by atoms with Gasteiger partial charge in [0, 0.05) is 41.7 Å². The second-order valence-electron chi connectivity index (χ2n) is 9.52. The van der Waals surface area contributed by atoms with Gasteiger partial charge in [-0.15, -0.1) is 0 Å². The molecule has 7 nitrogen and oxygen atoms in total. The molecule has 2 aliphatic rings. The number of carbonyl (C=O) groups is 1. The van der Waals surface area contributed by atoms with Crippen LogP contribution in [0.3, 0.4) is 0 Å². The zero-order valence-corrected chi connectivity index (χ0v) is 21.6. The average Bonchev–Trinajstić information content (AvgIpc) is 2.93. The lowest BCUT2D eigenvalue weighted by Crippen LogP contribution is -2.53. The summed E-state index contributed by atoms with van der Waals surface area (Å²) in [6.07, 6.45) is -0.0451. The van der Waals surface area contributed by atoms with Crippen LogP contribution in [0.5, 0.6) is 0 Å². The monoisotopic (exact) mass is 551 g/mol. The van der Waals surface area contributed by atoms with Crippen molar-refractivity contribution < 1.29 is 22.7 Å². The topological polar surface area (TPSA) is 99.4 Å². The van der Waals surface area contributed by atoms with E-state index >= 15 is 4.39 Å². The number of fused-ring (bicyclic) bond motifs is 1. The van der Waals surface area contributed by atoms with Crippen LogP contribution >= 0.6 is 11.8 Å². The van der Waals surface area contributed by atoms with Crippen LogP contribution in [0, 0.1) is 23.1 Å². The summed E-state index contributed by atoms with van der Waals surface area (Å²) in [5.74, 6) is -4.24. The number of nitriles is 1. The first-order chi connectivity index (χ1) is 18.7. The van der Waals surface area contributed by atoms with Gasteiger partial charge >= 0.3 is 0 Å². The Labute approximate surface area is 227 Å². The molecule has 39 heavy (non-hydrogen) atoms. The van der Waals surface area contributed by atoms with Gasteiger partial charge in [-0.3, -0.25) is 4.79 Å². The van der Waals surface area contributed by atoms with Gasteiger partial charge < -0.3 is 15.4 Å². The Bertz CT molecular complexity index is 1440. The Hall–Kier alpha value is -3.88. The summed E-state index contributed by atoms with van der Waals surface area (Å²) in [4.78, 5) is 21.6. The summed E-state index contributed by atoms with van der Waals surface area (Å²) in [6, 6.07) is 18.2. The average molecular weight is 552 g/mol. The Morgan fingerprint density at radius 1 is 1.18 bits per heavy atom. The van der Waals surface area contributed by atoms with Crippen molar-refractivity contribution in [3.8, 4) is 6.07 Å². The van der Waals surface area contributed by atoms with Gasteiger partial charge in [0.1, 0.15) is 29.2 Å². The SMILES string of the molecule is CC(F)(F)[C@H]1C[C@H]2CSC(Nc3ccccc3)=N[C@@]2(c2cc(NC(=O)c3ccc(C#N)cn3)ccc2F)CO1. The summed E-state index contributed by atoms with van der Waals surface area (Å²) < 4.78 is 49.6. The van der Waals surface area contributed by atoms with Gasteiger partial charge in [-0.25, -0.2) is 23.1 Å². The molecule has 5 rings (SSSR count). The standard InChI is InChI=1S/C28H24F3N5O2S/c1-27(30,31)24-11-18-15-39-26(35-19-5-3-2-4-6-19)36-28(18,16-38-24)21-12-20(8-9-22(21)29)34-25(37)23-10-7-17(13-32)14-33-23/h2-10,12,14,18,24H,11,15-16H2,1H3,(H,34,37)(H,35,36)/t18-,24+,28-/m0/s1. The second-order valence-corrected chi connectivity index (χ2v) is 10.5. The maximum absolute atomic E-state index is 15.5. The van der Waals surface area contributed by atoms with Crippen LogP contribution in [0.15, 0.2) is 71.9 Å². The van der Waals surface area contributed by atoms with Crippen LogP contribution in [0.4, 0.5) is 24.5 Å². The van der Waals surface area contributed by atoms with Crippen LogP contribution in [-0.4, -0.2) is 40.4 Å². The van der Waals surface area contributed by atoms with Gasteiger partial charge in [-0.2, -0.15) is 5.26 Å². The molecule has 1 aromatic heterocycles. The number of ether oxygens (including phenoxy) is 1. The number of pyridine rings is 1. The first-order valence-electron chi connectivity index (χ1n) is 12.2. The van der Waals surface area contributed by atoms with Gasteiger partial charge in [0.25, 0.3) is 11.8 Å². The highest BCUT2D eigenvalue weighted by Crippen LogP contribution is 2.49. The summed E-state index contributed by atoms with van der Waals surface area (Å²) in [6.45, 7) is 0.567. The van der Waals surface area contributed by atoms with Crippen LogP contribution in [0.2, 0.25) is 0 Å². The molecule has 0 saturated carbocycles. The van der Waals surface area contributed by atoms with Gasteiger partial charge in [0.15, 0.2) is 5.17 Å². The Balaban J connectivity index is 1.50. The highest BCUT2D eigenvalue weighted by molar-refractivity contribution is 8.14. The molecule has 3 atom stereocenters. The van der Waals surface area contributed by atoms with Crippen molar-refractivity contribution in [3.05, 3.63) is 89.5 Å². The minimum absolute atomic E-state index is 0.0101. The highest BCUT2D eigenvalue weighted by Gasteiger charge is 2.53. The second kappa shape index (κ2) is 10.7. The number of hydrogen-bond acceptors (Lipinski definition) is 7. The van der Waals surface area contributed by atoms with Gasteiger partial charge in [0.2, 0.25) is 0 Å². The molecule has 0 aliphatic carbocycles. The molecule has 200 valence electrons. The number of thioether (sulfide) groups is 1. The molecule has 0 bridgehead atoms. The lowest BCUT2D eigenvalue weighted by atomic mass is 9.74. The molecule has 0 radical (unpaired) electrons. The van der Waals surface area contributed by atoms with Gasteiger partial charge in [0.05, 0.1) is 12.2 Å². The minimum atomic E-state index is -3.06. The molecule has 2 N–H and O–H groups in total. The van der Waals surface area contributed by atoms with Crippen LogP contribution < -0.4 is 10.6 Å². The summed E-state index contributed by atoms with van der Waals surface area (Å²) >= 11 is 1.39. The normalized spacial score (nSPS) is 22.7. The van der Waals surface area contributed by atoms with Gasteiger partial charge in [-0.05, 0) is 48.9 Å². The zero-order valence-electron chi connectivity index (χ0n) is 20.8. The van der Waals surface area contributed by atoms with E-state index in [0.29, 0.717) is 16.5 Å². The molecular formula is C28H24F3N5O2S. The number of aliphatic imine (C=N–C) groups is 1. The number of nitrogens with one attached hydrogen (secondary N) is 2. The smallest absolute Gasteiger partial charge is 0.274 e. The van der Waals surface area contributed by atoms with E-state index < -0.39 is 35.2 Å². The number of carbonyl (C=O) groups excluding carboxylic acids is 1. The van der Waals surface area contributed by atoms with Crippen molar-refractivity contribution in [1.82, 2.24) is 4.98 Å². The number of hydrogen-bond donors (Lipinski definition) is 2. The van der Waals surface area contributed by atoms with Crippen molar-refractivity contribution in [1.29, 1.82) is 5.26 Å². The summed E-state index contributed by atoms with van der Waals surface area (Å²) in [5, 5.41) is 15.4. The van der Waals surface area contributed by atoms with E-state index in [1.54, 1.807) is 0 Å². The largest absolute Gasteiger partial charge is 0.369 e. The van der Waals surface area contributed by atoms with Crippen molar-refractivity contribution in [2.24, 2.45) is 10.9 Å². The van der Waals surface area contributed by atoms with E-state index in [0.717, 1.165) is 12.6 Å². The molecule has 0 unspecified atom stereocenters. The van der Waals surface area contributed by atoms with Crippen LogP contribution in [0.1, 0.15) is 35.0 Å². The Kier molecular flexibility index (Phi) is 7.34. The molecule has 3 aromatic rings. The van der Waals surface area contributed by atoms with E-state index in [2.05, 4.69) is 15.6 Å². The number of rotatable bonds is 5. The third kappa shape index (κ3) is 5.62. The van der Waals surface area contributed by atoms with E-state index in [1.807, 2.05) is 36.4 Å². The predicted molar refractivity (Wildman–Crippen MR) is 143 cm³/mol. The summed E-state index contributed by atoms with van der Waals surface area (Å²) in [5.41, 5.74) is 0.298. The first kappa shape index (κ1) is 26.7. The zero-order chi connectivity index (χ0) is 27.6. The van der Waals surface area contributed by atoms with Crippen molar-refractivity contribution in [2.75, 3.05) is 23.0 Å². The number of anilines is 2. The summed E-state index contributed by atoms with van der Waals surface area (Å²) in [7, 11) is 0. The van der Waals surface area contributed by atoms with Gasteiger partial charge in [-0.1, -0.05) is 30.0 Å². The van der Waals surface area contributed by atoms with E-state index in [4.69, 9.17) is 15.0 Å². The number of para-hydroxylation sites is 1. The molecule has 1 amide bonds. The van der Waals surface area contributed by atoms with Crippen LogP contribution in [-0.2, 0) is 10.3 Å². The number of benzene rings is 2. The number of aromatic nitrogens is 1. The number of amides is 1. The molecule has 1 saturated heterocycles. The molecule has 2 aliphatic heterocycles. The maximum atomic E-state index is 15.5. The number of alkyl halides is 2. The number of halogens is 3. The number of nitrogens with zero attached hydrogens (tertiary/aromatic N) is 3. The molecule has 3 heterocycles. The lowest BCUT2D eigenvalue weighted by molar-refractivity contribution is -0.170. The predicted octanol–water partition coefficient (Wildman–Crippen LogP) is 5.82. The molecular weight excluding hydrogens is 527 g/mol. The minimum Gasteiger partial charge on any atom is -0.369 e. The third-order valence-corrected chi connectivity index (χ3v) is 7.84. The highest BCUT2D eigenvalue weighted by atomic mass is 32.2. The fourth-order valence-electron chi connectivity index (χ4n) is 4.73. The molecule has 2 aromatic carbocycles. The maximum Gasteiger partial charge on any atom is 0.274 e. The number of amidine groups is 1. The third-order valence-electron chi connectivity index (χ3n) is 6.81. The fraction of sp³-hybridized carbons (Fsp3) is 0.286. The van der Waals surface area contributed by atoms with Crippen LogP contribution in [0.25, 0.3) is 0 Å². The molecule has 1 fully saturated rings. The van der Waals surface area contributed by atoms with Crippen molar-refractivity contribution in [2.45, 2.75) is 30.9 Å².